The SMILES string of the molecule is C1=CC(Cc2cccc(-c3ccc4oc5ccc(-c6ccc7oc8ccccc8c7c6)cc5c4c3)n2)CN=C1c1ccc2sc3ccccc3c2c1. The maximum Gasteiger partial charge on any atom is 0.135 e. The van der Waals surface area contributed by atoms with Crippen LogP contribution in [0.4, 0.5) is 0 Å². The average molecular weight is 687 g/mol. The molecule has 11 rings (SSSR count). The van der Waals surface area contributed by atoms with Crippen molar-refractivity contribution in [3.8, 4) is 22.4 Å². The van der Waals surface area contributed by atoms with Crippen molar-refractivity contribution < 1.29 is 8.83 Å². The molecule has 0 bridgehead atoms. The maximum atomic E-state index is 6.30. The highest BCUT2D eigenvalue weighted by Crippen LogP contribution is 2.38. The topological polar surface area (TPSA) is 51.5 Å². The normalized spacial score (nSPS) is 14.8. The lowest BCUT2D eigenvalue weighted by Gasteiger charge is -2.16. The second kappa shape index (κ2) is 11.6. The molecule has 0 N–H and O–H groups in total. The van der Waals surface area contributed by atoms with Crippen LogP contribution in [0.1, 0.15) is 11.3 Å². The van der Waals surface area contributed by atoms with Crippen molar-refractivity contribution in [2.75, 3.05) is 6.54 Å². The summed E-state index contributed by atoms with van der Waals surface area (Å²) in [5.74, 6) is 0.301. The van der Waals surface area contributed by atoms with E-state index in [0.29, 0.717) is 5.92 Å². The Morgan fingerprint density at radius 3 is 1.90 bits per heavy atom. The van der Waals surface area contributed by atoms with Crippen LogP contribution in [0.5, 0.6) is 0 Å². The summed E-state index contributed by atoms with van der Waals surface area (Å²) in [7, 11) is 0. The first-order valence-corrected chi connectivity index (χ1v) is 18.5. The minimum Gasteiger partial charge on any atom is -0.456 e. The lowest BCUT2D eigenvalue weighted by atomic mass is 9.96. The number of benzene rings is 6. The molecule has 0 aliphatic carbocycles. The molecule has 246 valence electrons. The third kappa shape index (κ3) is 4.89. The summed E-state index contributed by atoms with van der Waals surface area (Å²) >= 11 is 1.85. The van der Waals surface area contributed by atoms with Crippen molar-refractivity contribution in [2.24, 2.45) is 10.9 Å². The van der Waals surface area contributed by atoms with Gasteiger partial charge in [0.05, 0.1) is 11.4 Å². The van der Waals surface area contributed by atoms with Gasteiger partial charge in [0, 0.05) is 71.0 Å². The van der Waals surface area contributed by atoms with Crippen molar-refractivity contribution >= 4 is 81.1 Å². The monoisotopic (exact) mass is 686 g/mol. The van der Waals surface area contributed by atoms with E-state index in [2.05, 4.69) is 140 Å². The number of thiophene rings is 1. The number of para-hydroxylation sites is 1. The fourth-order valence-electron chi connectivity index (χ4n) is 7.81. The summed E-state index contributed by atoms with van der Waals surface area (Å²) in [4.78, 5) is 10.2. The van der Waals surface area contributed by atoms with Gasteiger partial charge in [-0.1, -0.05) is 66.7 Å². The standard InChI is InChI=1S/C47H30N2O2S/c1-3-10-42-34(7-1)36-23-29(13-18-43(36)50-42)30-14-19-44-37(24-30)38-25-32(15-20-45(38)51-44)41-9-5-6-33(49-41)22-28-12-17-40(48-27-28)31-16-21-47-39(26-31)35-8-2-4-11-46(35)52-47/h1-21,23-26,28H,22,27H2. The van der Waals surface area contributed by atoms with Gasteiger partial charge in [0.15, 0.2) is 0 Å². The molecule has 4 aromatic heterocycles. The highest BCUT2D eigenvalue weighted by atomic mass is 32.1. The first kappa shape index (κ1) is 29.4. The van der Waals surface area contributed by atoms with E-state index in [1.807, 2.05) is 23.5 Å². The molecule has 6 aromatic carbocycles. The number of rotatable bonds is 5. The molecule has 0 spiro atoms. The summed E-state index contributed by atoms with van der Waals surface area (Å²) in [6.07, 6.45) is 5.34. The zero-order valence-corrected chi connectivity index (χ0v) is 28.9. The van der Waals surface area contributed by atoms with Gasteiger partial charge in [-0.25, -0.2) is 0 Å². The predicted molar refractivity (Wildman–Crippen MR) is 217 cm³/mol. The van der Waals surface area contributed by atoms with Crippen molar-refractivity contribution in [2.45, 2.75) is 6.42 Å². The third-order valence-electron chi connectivity index (χ3n) is 10.4. The van der Waals surface area contributed by atoms with Gasteiger partial charge >= 0.3 is 0 Å². The van der Waals surface area contributed by atoms with E-state index >= 15 is 0 Å². The fraction of sp³-hybridized carbons (Fsp3) is 0.0638. The summed E-state index contributed by atoms with van der Waals surface area (Å²) in [5.41, 5.74) is 11.2. The zero-order valence-electron chi connectivity index (χ0n) is 28.0. The minimum absolute atomic E-state index is 0.301. The van der Waals surface area contributed by atoms with E-state index in [4.69, 9.17) is 18.8 Å². The summed E-state index contributed by atoms with van der Waals surface area (Å²) < 4.78 is 15.0. The van der Waals surface area contributed by atoms with Gasteiger partial charge in [-0.2, -0.15) is 0 Å². The highest BCUT2D eigenvalue weighted by Gasteiger charge is 2.16. The van der Waals surface area contributed by atoms with Crippen molar-refractivity contribution in [1.82, 2.24) is 4.98 Å². The highest BCUT2D eigenvalue weighted by molar-refractivity contribution is 7.25. The Bertz CT molecular complexity index is 3100. The first-order chi connectivity index (χ1) is 25.7. The molecule has 1 aliphatic rings. The molecular formula is C47H30N2O2S. The Morgan fingerprint density at radius 2 is 1.13 bits per heavy atom. The Balaban J connectivity index is 0.861. The van der Waals surface area contributed by atoms with Crippen LogP contribution in [0.3, 0.4) is 0 Å². The summed E-state index contributed by atoms with van der Waals surface area (Å²) in [5, 5.41) is 7.05. The van der Waals surface area contributed by atoms with Gasteiger partial charge in [-0.3, -0.25) is 9.98 Å². The number of pyridine rings is 1. The Kier molecular flexibility index (Phi) is 6.58. The number of aromatic nitrogens is 1. The first-order valence-electron chi connectivity index (χ1n) is 17.7. The Hall–Kier alpha value is -6.30. The van der Waals surface area contributed by atoms with Crippen LogP contribution < -0.4 is 0 Å². The Labute approximate surface area is 303 Å². The number of furan rings is 2. The van der Waals surface area contributed by atoms with Crippen LogP contribution >= 0.6 is 11.3 Å². The Morgan fingerprint density at radius 1 is 0.519 bits per heavy atom. The molecule has 0 saturated heterocycles. The number of hydrogen-bond acceptors (Lipinski definition) is 5. The van der Waals surface area contributed by atoms with E-state index in [9.17, 15) is 0 Å². The number of fused-ring (bicyclic) bond motifs is 9. The van der Waals surface area contributed by atoms with Crippen LogP contribution in [-0.4, -0.2) is 17.2 Å². The number of aliphatic imine (C=N–C) groups is 1. The molecule has 0 radical (unpaired) electrons. The van der Waals surface area contributed by atoms with E-state index in [1.165, 1.54) is 25.7 Å². The van der Waals surface area contributed by atoms with E-state index in [1.54, 1.807) is 0 Å². The van der Waals surface area contributed by atoms with Crippen LogP contribution in [0.2, 0.25) is 0 Å². The third-order valence-corrected chi connectivity index (χ3v) is 11.6. The smallest absolute Gasteiger partial charge is 0.135 e. The van der Waals surface area contributed by atoms with E-state index < -0.39 is 0 Å². The number of hydrogen-bond donors (Lipinski definition) is 0. The van der Waals surface area contributed by atoms with Crippen LogP contribution in [0.15, 0.2) is 166 Å². The van der Waals surface area contributed by atoms with Gasteiger partial charge in [-0.05, 0) is 102 Å². The summed E-state index contributed by atoms with van der Waals surface area (Å²) in [6, 6.07) is 49.2. The predicted octanol–water partition coefficient (Wildman–Crippen LogP) is 12.8. The molecule has 0 amide bonds. The maximum absolute atomic E-state index is 6.30. The van der Waals surface area contributed by atoms with Crippen LogP contribution in [0.25, 0.3) is 86.4 Å². The van der Waals surface area contributed by atoms with E-state index in [0.717, 1.165) is 90.6 Å². The molecule has 1 unspecified atom stereocenters. The number of dihydropyridines is 1. The molecule has 5 heterocycles. The van der Waals surface area contributed by atoms with Crippen molar-refractivity contribution in [3.05, 3.63) is 163 Å². The molecule has 1 atom stereocenters. The van der Waals surface area contributed by atoms with Gasteiger partial charge in [-0.15, -0.1) is 11.3 Å². The number of nitrogens with zero attached hydrogens (tertiary/aromatic N) is 2. The van der Waals surface area contributed by atoms with Gasteiger partial charge in [0.1, 0.15) is 22.3 Å². The quantitative estimate of drug-likeness (QED) is 0.181. The molecule has 0 saturated carbocycles. The lowest BCUT2D eigenvalue weighted by Crippen LogP contribution is -2.14. The van der Waals surface area contributed by atoms with Gasteiger partial charge < -0.3 is 8.83 Å². The molecule has 10 aromatic rings. The van der Waals surface area contributed by atoms with E-state index in [-0.39, 0.29) is 0 Å². The molecule has 4 nitrogen and oxygen atoms in total. The van der Waals surface area contributed by atoms with Crippen LogP contribution in [0, 0.1) is 5.92 Å². The largest absolute Gasteiger partial charge is 0.456 e. The molecular weight excluding hydrogens is 657 g/mol. The van der Waals surface area contributed by atoms with Crippen molar-refractivity contribution in [3.63, 3.8) is 0 Å². The molecule has 1 aliphatic heterocycles. The molecule has 52 heavy (non-hydrogen) atoms. The number of allylic oxidation sites excluding steroid dienone is 1. The molecule has 0 fully saturated rings. The minimum atomic E-state index is 0.301. The van der Waals surface area contributed by atoms with Crippen molar-refractivity contribution in [1.29, 1.82) is 0 Å². The molecule has 5 heteroatoms. The fourth-order valence-corrected chi connectivity index (χ4v) is 8.89. The lowest BCUT2D eigenvalue weighted by molar-refractivity contribution is 0.645. The average Bonchev–Trinajstić information content (AvgIpc) is 3.88. The van der Waals surface area contributed by atoms with Gasteiger partial charge in [0.25, 0.3) is 0 Å². The second-order valence-corrected chi connectivity index (χ2v) is 14.8. The second-order valence-electron chi connectivity index (χ2n) is 13.7. The van der Waals surface area contributed by atoms with Crippen LogP contribution in [-0.2, 0) is 6.42 Å². The summed E-state index contributed by atoms with van der Waals surface area (Å²) in [6.45, 7) is 0.749. The van der Waals surface area contributed by atoms with Gasteiger partial charge in [0.2, 0.25) is 0 Å². The zero-order chi connectivity index (χ0) is 34.2.